The van der Waals surface area contributed by atoms with Crippen LogP contribution in [0.25, 0.3) is 0 Å². The van der Waals surface area contributed by atoms with Crippen LogP contribution in [0.2, 0.25) is 0 Å². The molecule has 0 atom stereocenters. The summed E-state index contributed by atoms with van der Waals surface area (Å²) in [6, 6.07) is 4.99. The van der Waals surface area contributed by atoms with Crippen molar-refractivity contribution in [2.24, 2.45) is 0 Å². The number of rotatable bonds is 5. The molecule has 1 N–H and O–H groups in total. The van der Waals surface area contributed by atoms with E-state index in [0.29, 0.717) is 12.1 Å². The van der Waals surface area contributed by atoms with Crippen molar-refractivity contribution in [2.75, 3.05) is 27.2 Å². The first-order valence-electron chi connectivity index (χ1n) is 4.89. The van der Waals surface area contributed by atoms with Gasteiger partial charge in [0.1, 0.15) is 5.82 Å². The highest BCUT2D eigenvalue weighted by Gasteiger charge is 2.01. The van der Waals surface area contributed by atoms with Gasteiger partial charge in [0.25, 0.3) is 0 Å². The normalized spacial score (nSPS) is 11.0. The van der Waals surface area contributed by atoms with Gasteiger partial charge in [0.15, 0.2) is 0 Å². The molecular weight excluding hydrogens is 259 g/mol. The molecule has 0 aliphatic rings. The molecule has 0 aliphatic carbocycles. The largest absolute Gasteiger partial charge is 0.311 e. The van der Waals surface area contributed by atoms with E-state index in [9.17, 15) is 4.39 Å². The fourth-order valence-corrected chi connectivity index (χ4v) is 1.61. The van der Waals surface area contributed by atoms with Gasteiger partial charge in [-0.2, -0.15) is 0 Å². The highest BCUT2D eigenvalue weighted by molar-refractivity contribution is 9.10. The smallest absolute Gasteiger partial charge is 0.127 e. The second-order valence-electron chi connectivity index (χ2n) is 3.72. The maximum atomic E-state index is 13.3. The molecule has 0 aliphatic heterocycles. The maximum absolute atomic E-state index is 13.3. The van der Waals surface area contributed by atoms with E-state index in [4.69, 9.17) is 0 Å². The molecule has 0 aromatic heterocycles. The summed E-state index contributed by atoms with van der Waals surface area (Å²) in [6.07, 6.45) is 0. The average Bonchev–Trinajstić information content (AvgIpc) is 2.17. The summed E-state index contributed by atoms with van der Waals surface area (Å²) in [7, 11) is 4.03. The van der Waals surface area contributed by atoms with Crippen LogP contribution in [0, 0.1) is 5.82 Å². The third kappa shape index (κ3) is 4.73. The van der Waals surface area contributed by atoms with Gasteiger partial charge in [-0.1, -0.05) is 15.9 Å². The third-order valence-corrected chi connectivity index (χ3v) is 2.55. The Kier molecular flexibility index (Phi) is 5.22. The monoisotopic (exact) mass is 274 g/mol. The van der Waals surface area contributed by atoms with Crippen LogP contribution in [0.4, 0.5) is 4.39 Å². The SMILES string of the molecule is CN(C)CCNCc1cc(Br)ccc1F. The average molecular weight is 275 g/mol. The second-order valence-corrected chi connectivity index (χ2v) is 4.63. The number of nitrogens with zero attached hydrogens (tertiary/aromatic N) is 1. The van der Waals surface area contributed by atoms with Gasteiger partial charge >= 0.3 is 0 Å². The Bertz CT molecular complexity index is 315. The van der Waals surface area contributed by atoms with Crippen LogP contribution in [0.1, 0.15) is 5.56 Å². The minimum absolute atomic E-state index is 0.157. The Balaban J connectivity index is 2.40. The first kappa shape index (κ1) is 12.6. The Labute approximate surface area is 98.6 Å². The van der Waals surface area contributed by atoms with Crippen molar-refractivity contribution < 1.29 is 4.39 Å². The van der Waals surface area contributed by atoms with Crippen LogP contribution in [0.5, 0.6) is 0 Å². The molecule has 0 bridgehead atoms. The van der Waals surface area contributed by atoms with E-state index in [1.54, 1.807) is 12.1 Å². The summed E-state index contributed by atoms with van der Waals surface area (Å²) in [5.41, 5.74) is 0.697. The van der Waals surface area contributed by atoms with Gasteiger partial charge in [-0.3, -0.25) is 0 Å². The fraction of sp³-hybridized carbons (Fsp3) is 0.455. The van der Waals surface area contributed by atoms with Crippen LogP contribution >= 0.6 is 15.9 Å². The molecule has 15 heavy (non-hydrogen) atoms. The minimum atomic E-state index is -0.157. The number of halogens is 2. The molecule has 0 saturated carbocycles. The molecule has 1 aromatic rings. The molecule has 0 saturated heterocycles. The predicted octanol–water partition coefficient (Wildman–Crippen LogP) is 2.24. The Morgan fingerprint density at radius 1 is 1.40 bits per heavy atom. The highest BCUT2D eigenvalue weighted by Crippen LogP contribution is 2.15. The lowest BCUT2D eigenvalue weighted by Crippen LogP contribution is -2.26. The first-order chi connectivity index (χ1) is 7.09. The Morgan fingerprint density at radius 2 is 2.13 bits per heavy atom. The van der Waals surface area contributed by atoms with E-state index in [0.717, 1.165) is 17.6 Å². The summed E-state index contributed by atoms with van der Waals surface area (Å²) >= 11 is 3.33. The number of hydrogen-bond donors (Lipinski definition) is 1. The zero-order valence-corrected chi connectivity index (χ0v) is 10.6. The molecule has 2 nitrogen and oxygen atoms in total. The van der Waals surface area contributed by atoms with Crippen LogP contribution in [-0.4, -0.2) is 32.1 Å². The van der Waals surface area contributed by atoms with Crippen LogP contribution in [0.3, 0.4) is 0 Å². The minimum Gasteiger partial charge on any atom is -0.311 e. The summed E-state index contributed by atoms with van der Waals surface area (Å²) in [4.78, 5) is 2.09. The highest BCUT2D eigenvalue weighted by atomic mass is 79.9. The van der Waals surface area contributed by atoms with E-state index in [2.05, 4.69) is 26.1 Å². The Morgan fingerprint density at radius 3 is 2.80 bits per heavy atom. The maximum Gasteiger partial charge on any atom is 0.127 e. The second kappa shape index (κ2) is 6.20. The van der Waals surface area contributed by atoms with Gasteiger partial charge in [-0.15, -0.1) is 0 Å². The molecule has 0 radical (unpaired) electrons. The van der Waals surface area contributed by atoms with Crippen molar-refractivity contribution in [3.8, 4) is 0 Å². The number of likely N-dealkylation sites (N-methyl/N-ethyl adjacent to an activating group) is 1. The van der Waals surface area contributed by atoms with Gasteiger partial charge in [-0.25, -0.2) is 4.39 Å². The van der Waals surface area contributed by atoms with Gasteiger partial charge in [-0.05, 0) is 32.3 Å². The van der Waals surface area contributed by atoms with Gasteiger partial charge in [0.05, 0.1) is 0 Å². The molecule has 0 fully saturated rings. The van der Waals surface area contributed by atoms with Crippen molar-refractivity contribution in [2.45, 2.75) is 6.54 Å². The molecule has 0 heterocycles. The molecule has 4 heteroatoms. The molecule has 0 spiro atoms. The summed E-state index contributed by atoms with van der Waals surface area (Å²) in [5.74, 6) is -0.157. The molecule has 0 amide bonds. The zero-order valence-electron chi connectivity index (χ0n) is 9.06. The van der Waals surface area contributed by atoms with E-state index in [-0.39, 0.29) is 5.82 Å². The Hall–Kier alpha value is -0.450. The summed E-state index contributed by atoms with van der Waals surface area (Å²) in [6.45, 7) is 2.38. The van der Waals surface area contributed by atoms with Crippen molar-refractivity contribution in [1.29, 1.82) is 0 Å². The molecular formula is C11H16BrFN2. The lowest BCUT2D eigenvalue weighted by atomic mass is 10.2. The standard InChI is InChI=1S/C11H16BrFN2/c1-15(2)6-5-14-8-9-7-10(12)3-4-11(9)13/h3-4,7,14H,5-6,8H2,1-2H3. The fourth-order valence-electron chi connectivity index (χ4n) is 1.20. The summed E-state index contributed by atoms with van der Waals surface area (Å²) < 4.78 is 14.2. The van der Waals surface area contributed by atoms with Crippen LogP contribution in [0.15, 0.2) is 22.7 Å². The summed E-state index contributed by atoms with van der Waals surface area (Å²) in [5, 5.41) is 3.20. The van der Waals surface area contributed by atoms with Crippen LogP contribution in [-0.2, 0) is 6.54 Å². The molecule has 84 valence electrons. The van der Waals surface area contributed by atoms with Crippen molar-refractivity contribution in [3.63, 3.8) is 0 Å². The zero-order chi connectivity index (χ0) is 11.3. The molecule has 0 unspecified atom stereocenters. The van der Waals surface area contributed by atoms with E-state index in [1.807, 2.05) is 14.1 Å². The van der Waals surface area contributed by atoms with Crippen LogP contribution < -0.4 is 5.32 Å². The van der Waals surface area contributed by atoms with E-state index in [1.165, 1.54) is 6.07 Å². The van der Waals surface area contributed by atoms with Crippen molar-refractivity contribution in [3.05, 3.63) is 34.1 Å². The molecule has 1 aromatic carbocycles. The lowest BCUT2D eigenvalue weighted by molar-refractivity contribution is 0.399. The topological polar surface area (TPSA) is 15.3 Å². The van der Waals surface area contributed by atoms with Crippen molar-refractivity contribution in [1.82, 2.24) is 10.2 Å². The van der Waals surface area contributed by atoms with E-state index < -0.39 is 0 Å². The quantitative estimate of drug-likeness (QED) is 0.829. The number of benzene rings is 1. The lowest BCUT2D eigenvalue weighted by Gasteiger charge is -2.10. The van der Waals surface area contributed by atoms with E-state index >= 15 is 0 Å². The van der Waals surface area contributed by atoms with Gasteiger partial charge in [0.2, 0.25) is 0 Å². The number of nitrogens with one attached hydrogen (secondary N) is 1. The third-order valence-electron chi connectivity index (χ3n) is 2.06. The van der Waals surface area contributed by atoms with Gasteiger partial charge in [0, 0.05) is 29.7 Å². The number of hydrogen-bond acceptors (Lipinski definition) is 2. The van der Waals surface area contributed by atoms with Crippen molar-refractivity contribution >= 4 is 15.9 Å². The van der Waals surface area contributed by atoms with Gasteiger partial charge < -0.3 is 10.2 Å². The predicted molar refractivity (Wildman–Crippen MR) is 64.4 cm³/mol. The molecule has 1 rings (SSSR count). The first-order valence-corrected chi connectivity index (χ1v) is 5.68.